The number of aromatic nitrogens is 3. The Bertz CT molecular complexity index is 1530. The van der Waals surface area contributed by atoms with Gasteiger partial charge in [0.15, 0.2) is 0 Å². The Hall–Kier alpha value is -4.04. The second kappa shape index (κ2) is 8.96. The van der Waals surface area contributed by atoms with Crippen molar-refractivity contribution in [2.75, 3.05) is 41.3 Å². The smallest absolute Gasteiger partial charge is 0.266 e. The summed E-state index contributed by atoms with van der Waals surface area (Å²) in [7, 11) is 0. The number of anilines is 3. The Balaban J connectivity index is 1.25. The van der Waals surface area contributed by atoms with Crippen molar-refractivity contribution in [3.05, 3.63) is 83.6 Å². The van der Waals surface area contributed by atoms with E-state index >= 15 is 0 Å². The van der Waals surface area contributed by atoms with Gasteiger partial charge in [-0.25, -0.2) is 9.97 Å². The number of rotatable bonds is 4. The Labute approximate surface area is 207 Å². The minimum atomic E-state index is -0.151. The number of amides is 1. The first-order valence-electron chi connectivity index (χ1n) is 11.6. The van der Waals surface area contributed by atoms with Crippen molar-refractivity contribution in [2.45, 2.75) is 6.92 Å². The summed E-state index contributed by atoms with van der Waals surface area (Å²) in [5.74, 6) is 0.755. The van der Waals surface area contributed by atoms with Crippen LogP contribution in [0.1, 0.15) is 15.2 Å². The highest BCUT2D eigenvalue weighted by Crippen LogP contribution is 2.36. The Morgan fingerprint density at radius 1 is 0.914 bits per heavy atom. The normalized spacial score (nSPS) is 14.0. The summed E-state index contributed by atoms with van der Waals surface area (Å²) in [5.41, 5.74) is 3.73. The van der Waals surface area contributed by atoms with Crippen LogP contribution < -0.4 is 15.1 Å². The molecular weight excluding hydrogens is 456 g/mol. The van der Waals surface area contributed by atoms with Crippen LogP contribution in [0.3, 0.4) is 0 Å². The highest BCUT2D eigenvalue weighted by Gasteiger charge is 2.24. The minimum absolute atomic E-state index is 0.151. The zero-order chi connectivity index (χ0) is 23.8. The zero-order valence-corrected chi connectivity index (χ0v) is 20.1. The quantitative estimate of drug-likeness (QED) is 0.385. The summed E-state index contributed by atoms with van der Waals surface area (Å²) in [4.78, 5) is 33.0. The van der Waals surface area contributed by atoms with E-state index in [0.29, 0.717) is 10.6 Å². The van der Waals surface area contributed by atoms with Crippen LogP contribution in [0.4, 0.5) is 17.2 Å². The molecule has 1 fully saturated rings. The van der Waals surface area contributed by atoms with Gasteiger partial charge < -0.3 is 15.1 Å². The van der Waals surface area contributed by atoms with Gasteiger partial charge in [0.2, 0.25) is 0 Å². The predicted molar refractivity (Wildman–Crippen MR) is 143 cm³/mol. The number of hydrogen-bond donors (Lipinski definition) is 1. The second-order valence-electron chi connectivity index (χ2n) is 8.61. The Morgan fingerprint density at radius 3 is 2.49 bits per heavy atom. The zero-order valence-electron chi connectivity index (χ0n) is 19.3. The van der Waals surface area contributed by atoms with Gasteiger partial charge in [-0.05, 0) is 36.8 Å². The highest BCUT2D eigenvalue weighted by atomic mass is 32.1. The fraction of sp³-hybridized carbons (Fsp3) is 0.185. The molecule has 5 aromatic rings. The number of benzene rings is 2. The third kappa shape index (κ3) is 4.06. The van der Waals surface area contributed by atoms with E-state index in [2.05, 4.69) is 54.3 Å². The second-order valence-corrected chi connectivity index (χ2v) is 9.61. The Morgan fingerprint density at radius 2 is 1.66 bits per heavy atom. The molecule has 0 unspecified atom stereocenters. The number of pyridine rings is 1. The summed E-state index contributed by atoms with van der Waals surface area (Å²) < 4.78 is 0. The van der Waals surface area contributed by atoms with Gasteiger partial charge in [0.25, 0.3) is 5.91 Å². The average Bonchev–Trinajstić information content (AvgIpc) is 3.26. The number of thiophene rings is 1. The molecule has 0 aliphatic carbocycles. The summed E-state index contributed by atoms with van der Waals surface area (Å²) >= 11 is 1.41. The predicted octanol–water partition coefficient (Wildman–Crippen LogP) is 5.13. The number of fused-ring (bicyclic) bond motifs is 2. The van der Waals surface area contributed by atoms with Crippen molar-refractivity contribution in [3.63, 3.8) is 0 Å². The van der Waals surface area contributed by atoms with E-state index in [-0.39, 0.29) is 5.91 Å². The van der Waals surface area contributed by atoms with Crippen LogP contribution >= 0.6 is 11.3 Å². The summed E-state index contributed by atoms with van der Waals surface area (Å²) in [5, 5.41) is 4.97. The lowest BCUT2D eigenvalue weighted by Gasteiger charge is -2.37. The van der Waals surface area contributed by atoms with Gasteiger partial charge in [0.05, 0.1) is 27.7 Å². The third-order valence-corrected chi connectivity index (χ3v) is 7.66. The molecule has 2 aromatic carbocycles. The lowest BCUT2D eigenvalue weighted by molar-refractivity contribution is 0.103. The SMILES string of the molecule is Cc1c(C(=O)Nc2cnc3ccccc3c2)sc2ncnc(N3CCN(c4ccccc4)CC3)c12. The molecule has 0 bridgehead atoms. The lowest BCUT2D eigenvalue weighted by Crippen LogP contribution is -2.46. The van der Waals surface area contributed by atoms with E-state index in [9.17, 15) is 4.79 Å². The lowest BCUT2D eigenvalue weighted by atomic mass is 10.1. The highest BCUT2D eigenvalue weighted by molar-refractivity contribution is 7.20. The van der Waals surface area contributed by atoms with E-state index in [0.717, 1.165) is 58.7 Å². The van der Waals surface area contributed by atoms with Crippen LogP contribution in [-0.2, 0) is 0 Å². The monoisotopic (exact) mass is 480 g/mol. The molecule has 0 atom stereocenters. The van der Waals surface area contributed by atoms with Crippen LogP contribution in [0.2, 0.25) is 0 Å². The first-order valence-corrected chi connectivity index (χ1v) is 12.4. The molecule has 0 radical (unpaired) electrons. The number of nitrogens with zero attached hydrogens (tertiary/aromatic N) is 5. The molecular formula is C27H24N6OS. The number of para-hydroxylation sites is 2. The molecule has 6 rings (SSSR count). The van der Waals surface area contributed by atoms with Gasteiger partial charge in [0.1, 0.15) is 17.0 Å². The van der Waals surface area contributed by atoms with Crippen LogP contribution in [0.5, 0.6) is 0 Å². The maximum absolute atomic E-state index is 13.2. The molecule has 3 aromatic heterocycles. The van der Waals surface area contributed by atoms with Crippen molar-refractivity contribution < 1.29 is 4.79 Å². The van der Waals surface area contributed by atoms with E-state index < -0.39 is 0 Å². The van der Waals surface area contributed by atoms with Gasteiger partial charge in [-0.15, -0.1) is 11.3 Å². The number of carbonyl (C=O) groups excluding carboxylic acids is 1. The maximum atomic E-state index is 13.2. The molecule has 0 saturated carbocycles. The first-order chi connectivity index (χ1) is 17.2. The number of hydrogen-bond acceptors (Lipinski definition) is 7. The fourth-order valence-electron chi connectivity index (χ4n) is 4.65. The summed E-state index contributed by atoms with van der Waals surface area (Å²) in [6, 6.07) is 20.3. The van der Waals surface area contributed by atoms with E-state index in [1.807, 2.05) is 43.3 Å². The molecule has 35 heavy (non-hydrogen) atoms. The largest absolute Gasteiger partial charge is 0.368 e. The molecule has 4 heterocycles. The summed E-state index contributed by atoms with van der Waals surface area (Å²) in [6.07, 6.45) is 3.30. The minimum Gasteiger partial charge on any atom is -0.368 e. The summed E-state index contributed by atoms with van der Waals surface area (Å²) in [6.45, 7) is 5.54. The van der Waals surface area contributed by atoms with Crippen molar-refractivity contribution in [3.8, 4) is 0 Å². The van der Waals surface area contributed by atoms with Crippen molar-refractivity contribution in [2.24, 2.45) is 0 Å². The molecule has 1 N–H and O–H groups in total. The van der Waals surface area contributed by atoms with E-state index in [1.54, 1.807) is 12.5 Å². The van der Waals surface area contributed by atoms with Gasteiger partial charge in [0, 0.05) is 37.3 Å². The number of carbonyl (C=O) groups is 1. The fourth-order valence-corrected chi connectivity index (χ4v) is 5.69. The van der Waals surface area contributed by atoms with Gasteiger partial charge in [-0.1, -0.05) is 36.4 Å². The standard InChI is InChI=1S/C27H24N6OS/c1-18-23-25(33-13-11-32(12-14-33)21-8-3-2-4-9-21)29-17-30-27(23)35-24(18)26(34)31-20-15-19-7-5-6-10-22(19)28-16-20/h2-10,15-17H,11-14H2,1H3,(H,31,34). The number of aryl methyl sites for hydroxylation is 1. The third-order valence-electron chi connectivity index (χ3n) is 6.46. The molecule has 1 saturated heterocycles. The topological polar surface area (TPSA) is 74.2 Å². The van der Waals surface area contributed by atoms with Crippen molar-refractivity contribution in [1.29, 1.82) is 0 Å². The first kappa shape index (κ1) is 21.5. The average molecular weight is 481 g/mol. The molecule has 1 amide bonds. The van der Waals surface area contributed by atoms with Crippen LogP contribution in [0.25, 0.3) is 21.1 Å². The molecule has 0 spiro atoms. The van der Waals surface area contributed by atoms with Crippen LogP contribution in [0.15, 0.2) is 73.2 Å². The number of nitrogens with one attached hydrogen (secondary N) is 1. The molecule has 1 aliphatic heterocycles. The van der Waals surface area contributed by atoms with Gasteiger partial charge in [-0.3, -0.25) is 9.78 Å². The van der Waals surface area contributed by atoms with Crippen molar-refractivity contribution in [1.82, 2.24) is 15.0 Å². The van der Waals surface area contributed by atoms with Crippen LogP contribution in [0, 0.1) is 6.92 Å². The van der Waals surface area contributed by atoms with Gasteiger partial charge in [-0.2, -0.15) is 0 Å². The van der Waals surface area contributed by atoms with E-state index in [1.165, 1.54) is 17.0 Å². The molecule has 174 valence electrons. The van der Waals surface area contributed by atoms with E-state index in [4.69, 9.17) is 0 Å². The van der Waals surface area contributed by atoms with Gasteiger partial charge >= 0.3 is 0 Å². The van der Waals surface area contributed by atoms with Crippen LogP contribution in [-0.4, -0.2) is 47.0 Å². The van der Waals surface area contributed by atoms with Crippen molar-refractivity contribution >= 4 is 55.6 Å². The maximum Gasteiger partial charge on any atom is 0.266 e. The molecule has 7 nitrogen and oxygen atoms in total. The number of piperazine rings is 1. The molecule has 8 heteroatoms. The Kier molecular flexibility index (Phi) is 5.50. The molecule has 1 aliphatic rings.